The van der Waals surface area contributed by atoms with Gasteiger partial charge in [-0.05, 0) is 74.4 Å². The maximum atomic E-state index is 14.2. The lowest BCUT2D eigenvalue weighted by atomic mass is 10.1. The van der Waals surface area contributed by atoms with Crippen molar-refractivity contribution in [1.29, 1.82) is 0 Å². The van der Waals surface area contributed by atoms with Gasteiger partial charge in [0.2, 0.25) is 11.8 Å². The molecule has 8 heteroatoms. The van der Waals surface area contributed by atoms with Gasteiger partial charge < -0.3 is 10.2 Å². The highest BCUT2D eigenvalue weighted by atomic mass is 32.2. The van der Waals surface area contributed by atoms with Crippen molar-refractivity contribution in [2.24, 2.45) is 5.92 Å². The van der Waals surface area contributed by atoms with Gasteiger partial charge in [0.25, 0.3) is 10.0 Å². The normalized spacial score (nSPS) is 12.2. The van der Waals surface area contributed by atoms with Gasteiger partial charge in [0, 0.05) is 13.1 Å². The number of amides is 2. The van der Waals surface area contributed by atoms with Crippen molar-refractivity contribution in [3.63, 3.8) is 0 Å². The topological polar surface area (TPSA) is 86.8 Å². The molecule has 2 amide bonds. The van der Waals surface area contributed by atoms with Gasteiger partial charge in [0.05, 0.1) is 10.6 Å². The Morgan fingerprint density at radius 2 is 1.51 bits per heavy atom. The van der Waals surface area contributed by atoms with Crippen molar-refractivity contribution in [3.05, 3.63) is 95.1 Å². The maximum Gasteiger partial charge on any atom is 0.264 e. The van der Waals surface area contributed by atoms with E-state index in [9.17, 15) is 18.0 Å². The van der Waals surface area contributed by atoms with Crippen molar-refractivity contribution in [2.75, 3.05) is 23.9 Å². The fourth-order valence-corrected chi connectivity index (χ4v) is 6.13. The molecule has 220 valence electrons. The summed E-state index contributed by atoms with van der Waals surface area (Å²) in [5.74, 6) is -0.407. The molecule has 0 aliphatic rings. The molecule has 0 saturated heterocycles. The average Bonchev–Trinajstić information content (AvgIpc) is 2.94. The number of anilines is 1. The highest BCUT2D eigenvalue weighted by molar-refractivity contribution is 7.92. The number of hydrogen-bond donors (Lipinski definition) is 1. The van der Waals surface area contributed by atoms with Gasteiger partial charge in [-0.1, -0.05) is 80.9 Å². The first kappa shape index (κ1) is 31.9. The molecule has 0 aliphatic carbocycles. The summed E-state index contributed by atoms with van der Waals surface area (Å²) in [7, 11) is -4.09. The minimum Gasteiger partial charge on any atom is -0.354 e. The Morgan fingerprint density at radius 1 is 0.878 bits per heavy atom. The van der Waals surface area contributed by atoms with Crippen molar-refractivity contribution in [1.82, 2.24) is 10.2 Å². The van der Waals surface area contributed by atoms with E-state index in [0.717, 1.165) is 22.3 Å². The molecule has 3 aromatic carbocycles. The summed E-state index contributed by atoms with van der Waals surface area (Å²) < 4.78 is 29.3. The molecule has 7 nitrogen and oxygen atoms in total. The molecule has 41 heavy (non-hydrogen) atoms. The van der Waals surface area contributed by atoms with Crippen LogP contribution in [-0.4, -0.2) is 50.8 Å². The van der Waals surface area contributed by atoms with Gasteiger partial charge in [0.15, 0.2) is 0 Å². The predicted molar refractivity (Wildman–Crippen MR) is 165 cm³/mol. The zero-order valence-electron chi connectivity index (χ0n) is 25.1. The summed E-state index contributed by atoms with van der Waals surface area (Å²) in [5.41, 5.74) is 4.02. The van der Waals surface area contributed by atoms with Gasteiger partial charge in [-0.2, -0.15) is 0 Å². The number of carbonyl (C=O) groups excluding carboxylic acids is 2. The molecule has 3 rings (SSSR count). The monoisotopic (exact) mass is 577 g/mol. The molecule has 0 aliphatic heterocycles. The number of carbonyl (C=O) groups is 2. The Bertz CT molecular complexity index is 1420. The Kier molecular flexibility index (Phi) is 11.1. The third kappa shape index (κ3) is 8.43. The zero-order chi connectivity index (χ0) is 30.2. The van der Waals surface area contributed by atoms with Gasteiger partial charge in [-0.25, -0.2) is 8.42 Å². The third-order valence-corrected chi connectivity index (χ3v) is 8.85. The minimum absolute atomic E-state index is 0.106. The van der Waals surface area contributed by atoms with E-state index in [4.69, 9.17) is 0 Å². The van der Waals surface area contributed by atoms with E-state index in [1.54, 1.807) is 35.2 Å². The Morgan fingerprint density at radius 3 is 2.12 bits per heavy atom. The number of aryl methyl sites for hydroxylation is 3. The van der Waals surface area contributed by atoms with E-state index in [-0.39, 0.29) is 23.3 Å². The number of nitrogens with zero attached hydrogens (tertiary/aromatic N) is 2. The first-order chi connectivity index (χ1) is 19.4. The molecular formula is C33H43N3O4S. The molecule has 0 unspecified atom stereocenters. The molecular weight excluding hydrogens is 534 g/mol. The van der Waals surface area contributed by atoms with Crippen LogP contribution in [0, 0.1) is 26.7 Å². The van der Waals surface area contributed by atoms with Crippen LogP contribution in [0.15, 0.2) is 77.7 Å². The van der Waals surface area contributed by atoms with Crippen LogP contribution in [0.4, 0.5) is 5.69 Å². The lowest BCUT2D eigenvalue weighted by molar-refractivity contribution is -0.139. The maximum absolute atomic E-state index is 14.2. The zero-order valence-corrected chi connectivity index (χ0v) is 25.9. The van der Waals surface area contributed by atoms with Crippen molar-refractivity contribution in [2.45, 2.75) is 65.3 Å². The minimum atomic E-state index is -4.09. The van der Waals surface area contributed by atoms with Gasteiger partial charge in [0.1, 0.15) is 12.6 Å². The predicted octanol–water partition coefficient (Wildman–Crippen LogP) is 5.43. The largest absolute Gasteiger partial charge is 0.354 e. The molecule has 0 fully saturated rings. The molecule has 1 N–H and O–H groups in total. The number of nitrogens with one attached hydrogen (secondary N) is 1. The van der Waals surface area contributed by atoms with Crippen LogP contribution in [0.3, 0.4) is 0 Å². The van der Waals surface area contributed by atoms with Crippen LogP contribution in [0.2, 0.25) is 0 Å². The molecule has 0 saturated carbocycles. The average molecular weight is 578 g/mol. The molecule has 1 atom stereocenters. The Labute approximate surface area is 245 Å². The summed E-state index contributed by atoms with van der Waals surface area (Å²) in [6, 6.07) is 21.2. The van der Waals surface area contributed by atoms with E-state index in [1.807, 2.05) is 84.0 Å². The van der Waals surface area contributed by atoms with Crippen LogP contribution in [0.25, 0.3) is 0 Å². The summed E-state index contributed by atoms with van der Waals surface area (Å²) in [5, 5.41) is 2.96. The van der Waals surface area contributed by atoms with Crippen LogP contribution in [0.1, 0.15) is 49.4 Å². The van der Waals surface area contributed by atoms with Crippen molar-refractivity contribution in [3.8, 4) is 0 Å². The summed E-state index contributed by atoms with van der Waals surface area (Å²) >= 11 is 0. The lowest BCUT2D eigenvalue weighted by Crippen LogP contribution is -2.53. The summed E-state index contributed by atoms with van der Waals surface area (Å²) in [6.45, 7) is 11.8. The molecule has 0 spiro atoms. The number of hydrogen-bond acceptors (Lipinski definition) is 4. The highest BCUT2D eigenvalue weighted by Gasteiger charge is 2.34. The van der Waals surface area contributed by atoms with Crippen LogP contribution < -0.4 is 9.62 Å². The first-order valence-electron chi connectivity index (χ1n) is 14.2. The SMILES string of the molecule is CC[C@@H](C(=O)NCC(C)C)N(CCc1ccccc1)C(=O)CN(c1cc(C)ccc1C)S(=O)(=O)c1ccc(C)cc1. The Hall–Kier alpha value is -3.65. The van der Waals surface area contributed by atoms with Gasteiger partial charge in [-0.15, -0.1) is 0 Å². The van der Waals surface area contributed by atoms with E-state index in [0.29, 0.717) is 25.1 Å². The molecule has 0 heterocycles. The number of sulfonamides is 1. The van der Waals surface area contributed by atoms with Gasteiger partial charge >= 0.3 is 0 Å². The van der Waals surface area contributed by atoms with Crippen molar-refractivity contribution >= 4 is 27.5 Å². The standard InChI is InChI=1S/C33H43N3O4S/c1-7-30(33(38)34-22-24(2)3)35(20-19-28-11-9-8-10-12-28)32(37)23-36(31-21-26(5)13-16-27(31)6)41(39,40)29-17-14-25(4)15-18-29/h8-18,21,24,30H,7,19-20,22-23H2,1-6H3,(H,34,38)/t30-/m0/s1. The van der Waals surface area contributed by atoms with E-state index in [1.165, 1.54) is 4.31 Å². The molecule has 0 radical (unpaired) electrons. The second kappa shape index (κ2) is 14.3. The van der Waals surface area contributed by atoms with E-state index < -0.39 is 28.5 Å². The molecule has 0 aromatic heterocycles. The number of rotatable bonds is 13. The number of benzene rings is 3. The summed E-state index contributed by atoms with van der Waals surface area (Å²) in [6.07, 6.45) is 0.938. The van der Waals surface area contributed by atoms with E-state index >= 15 is 0 Å². The quantitative estimate of drug-likeness (QED) is 0.294. The lowest BCUT2D eigenvalue weighted by Gasteiger charge is -2.33. The van der Waals surface area contributed by atoms with E-state index in [2.05, 4.69) is 5.32 Å². The highest BCUT2D eigenvalue weighted by Crippen LogP contribution is 2.28. The first-order valence-corrected chi connectivity index (χ1v) is 15.7. The smallest absolute Gasteiger partial charge is 0.264 e. The van der Waals surface area contributed by atoms with Crippen LogP contribution >= 0.6 is 0 Å². The van der Waals surface area contributed by atoms with Crippen LogP contribution in [-0.2, 0) is 26.0 Å². The Balaban J connectivity index is 2.04. The van der Waals surface area contributed by atoms with Crippen molar-refractivity contribution < 1.29 is 18.0 Å². The molecule has 0 bridgehead atoms. The fraction of sp³-hybridized carbons (Fsp3) is 0.394. The fourth-order valence-electron chi connectivity index (χ4n) is 4.66. The van der Waals surface area contributed by atoms with Gasteiger partial charge in [-0.3, -0.25) is 13.9 Å². The second-order valence-corrected chi connectivity index (χ2v) is 12.9. The summed E-state index contributed by atoms with van der Waals surface area (Å²) in [4.78, 5) is 29.1. The van der Waals surface area contributed by atoms with Crippen LogP contribution in [0.5, 0.6) is 0 Å². The second-order valence-electron chi connectivity index (χ2n) is 11.0. The third-order valence-electron chi connectivity index (χ3n) is 7.08. The molecule has 3 aromatic rings.